The molecule has 0 unspecified atom stereocenters. The maximum absolute atomic E-state index is 5.86. The normalized spacial score (nSPS) is 9.73. The van der Waals surface area contributed by atoms with Crippen molar-refractivity contribution in [3.63, 3.8) is 0 Å². The Morgan fingerprint density at radius 2 is 2.09 bits per heavy atom. The van der Waals surface area contributed by atoms with Crippen molar-refractivity contribution in [2.75, 3.05) is 10.8 Å². The summed E-state index contributed by atoms with van der Waals surface area (Å²) in [6.45, 7) is 0. The van der Waals surface area contributed by atoms with E-state index in [1.54, 1.807) is 6.07 Å². The average Bonchev–Trinajstić information content (AvgIpc) is 1.99. The van der Waals surface area contributed by atoms with Crippen molar-refractivity contribution in [3.8, 4) is 0 Å². The number of hydrogen-bond acceptors (Lipinski definition) is 1. The fraction of sp³-hybridized carbons (Fsp3) is 0.143. The highest BCUT2D eigenvalue weighted by Gasteiger charge is 2.01. The van der Waals surface area contributed by atoms with E-state index in [-0.39, 0.29) is 0 Å². The van der Waals surface area contributed by atoms with E-state index in [1.807, 2.05) is 12.1 Å². The third kappa shape index (κ3) is 2.26. The first-order valence-corrected chi connectivity index (χ1v) is 4.87. The molecule has 0 bridgehead atoms. The molecule has 0 saturated heterocycles. The van der Waals surface area contributed by atoms with Gasteiger partial charge in [0.2, 0.25) is 0 Å². The first-order chi connectivity index (χ1) is 5.25. The van der Waals surface area contributed by atoms with Crippen molar-refractivity contribution in [1.29, 1.82) is 0 Å². The van der Waals surface area contributed by atoms with Gasteiger partial charge in [0.25, 0.3) is 0 Å². The minimum absolute atomic E-state index is 0.564. The Bertz CT molecular complexity index is 252. The highest BCUT2D eigenvalue weighted by atomic mass is 79.9. The van der Waals surface area contributed by atoms with Gasteiger partial charge in [-0.2, -0.15) is 0 Å². The van der Waals surface area contributed by atoms with Gasteiger partial charge in [-0.3, -0.25) is 0 Å². The summed E-state index contributed by atoms with van der Waals surface area (Å²) in [4.78, 5) is 0. The van der Waals surface area contributed by atoms with Gasteiger partial charge >= 0.3 is 0 Å². The molecule has 0 fully saturated rings. The second kappa shape index (κ2) is 4.19. The Labute approximate surface area is 83.8 Å². The van der Waals surface area contributed by atoms with E-state index in [4.69, 9.17) is 23.2 Å². The van der Waals surface area contributed by atoms with Crippen LogP contribution in [0.4, 0.5) is 5.69 Å². The summed E-state index contributed by atoms with van der Waals surface area (Å²) in [5.41, 5.74) is 1.50. The van der Waals surface area contributed by atoms with Gasteiger partial charge in [-0.05, 0) is 12.1 Å². The van der Waals surface area contributed by atoms with Crippen LogP contribution in [0.2, 0.25) is 10.0 Å². The summed E-state index contributed by atoms with van der Waals surface area (Å²) in [6, 6.07) is 5.47. The molecule has 1 nitrogen and oxygen atoms in total. The zero-order valence-electron chi connectivity index (χ0n) is 5.57. The Morgan fingerprint density at radius 1 is 1.36 bits per heavy atom. The van der Waals surface area contributed by atoms with Crippen LogP contribution in [0, 0.1) is 0 Å². The third-order valence-electron chi connectivity index (χ3n) is 1.21. The number of rotatable bonds is 2. The quantitative estimate of drug-likeness (QED) is 0.626. The molecule has 0 aliphatic heterocycles. The predicted octanol–water partition coefficient (Wildman–Crippen LogP) is 3.76. The third-order valence-corrected chi connectivity index (χ3v) is 2.31. The first kappa shape index (κ1) is 9.17. The van der Waals surface area contributed by atoms with Gasteiger partial charge in [0.1, 0.15) is 0 Å². The summed E-state index contributed by atoms with van der Waals surface area (Å²) < 4.78 is 0. The first-order valence-electron chi connectivity index (χ1n) is 2.99. The van der Waals surface area contributed by atoms with Crippen LogP contribution in [0.1, 0.15) is 0 Å². The number of anilines is 1. The molecular weight excluding hydrogens is 249 g/mol. The summed E-state index contributed by atoms with van der Waals surface area (Å²) in [6.07, 6.45) is 0. The summed E-state index contributed by atoms with van der Waals surface area (Å²) in [7, 11) is 0. The van der Waals surface area contributed by atoms with E-state index in [9.17, 15) is 0 Å². The SMILES string of the molecule is Clc1cccc(NCBr)c1Cl. The van der Waals surface area contributed by atoms with E-state index in [0.717, 1.165) is 5.69 Å². The molecule has 0 saturated carbocycles. The lowest BCUT2D eigenvalue weighted by Gasteiger charge is -2.04. The lowest BCUT2D eigenvalue weighted by molar-refractivity contribution is 1.48. The van der Waals surface area contributed by atoms with Crippen molar-refractivity contribution in [1.82, 2.24) is 0 Å². The maximum atomic E-state index is 5.86. The lowest BCUT2D eigenvalue weighted by atomic mass is 10.3. The minimum atomic E-state index is 0.564. The monoisotopic (exact) mass is 253 g/mol. The van der Waals surface area contributed by atoms with Crippen LogP contribution in [0.15, 0.2) is 18.2 Å². The molecular formula is C7H6BrCl2N. The second-order valence-corrected chi connectivity index (χ2v) is 3.26. The van der Waals surface area contributed by atoms with Gasteiger partial charge in [0, 0.05) is 0 Å². The van der Waals surface area contributed by atoms with Crippen LogP contribution in [0.25, 0.3) is 0 Å². The molecule has 4 heteroatoms. The van der Waals surface area contributed by atoms with Gasteiger partial charge in [0.05, 0.1) is 21.2 Å². The lowest BCUT2D eigenvalue weighted by Crippen LogP contribution is -1.93. The number of alkyl halides is 1. The molecule has 0 amide bonds. The fourth-order valence-electron chi connectivity index (χ4n) is 0.712. The topological polar surface area (TPSA) is 12.0 Å². The highest BCUT2D eigenvalue weighted by molar-refractivity contribution is 9.09. The van der Waals surface area contributed by atoms with E-state index in [0.29, 0.717) is 15.5 Å². The van der Waals surface area contributed by atoms with E-state index in [2.05, 4.69) is 21.2 Å². The maximum Gasteiger partial charge on any atom is 0.0823 e. The van der Waals surface area contributed by atoms with Crippen molar-refractivity contribution < 1.29 is 0 Å². The number of hydrogen-bond donors (Lipinski definition) is 1. The molecule has 1 aromatic carbocycles. The van der Waals surface area contributed by atoms with Gasteiger partial charge in [-0.15, -0.1) is 0 Å². The molecule has 0 aliphatic rings. The molecule has 0 aromatic heterocycles. The number of benzene rings is 1. The highest BCUT2D eigenvalue weighted by Crippen LogP contribution is 2.29. The molecule has 0 radical (unpaired) electrons. The zero-order valence-corrected chi connectivity index (χ0v) is 8.67. The smallest absolute Gasteiger partial charge is 0.0823 e. The Morgan fingerprint density at radius 3 is 2.73 bits per heavy atom. The molecule has 0 aliphatic carbocycles. The average molecular weight is 255 g/mol. The van der Waals surface area contributed by atoms with Gasteiger partial charge in [0.15, 0.2) is 0 Å². The molecule has 0 spiro atoms. The Hall–Kier alpha value is 0.0800. The van der Waals surface area contributed by atoms with Crippen LogP contribution in [-0.4, -0.2) is 5.45 Å². The van der Waals surface area contributed by atoms with Crippen LogP contribution in [0.3, 0.4) is 0 Å². The van der Waals surface area contributed by atoms with Crippen LogP contribution >= 0.6 is 39.1 Å². The molecule has 11 heavy (non-hydrogen) atoms. The van der Waals surface area contributed by atoms with Crippen LogP contribution in [-0.2, 0) is 0 Å². The van der Waals surface area contributed by atoms with Gasteiger partial charge in [-0.25, -0.2) is 0 Å². The van der Waals surface area contributed by atoms with Crippen molar-refractivity contribution in [2.45, 2.75) is 0 Å². The summed E-state index contributed by atoms with van der Waals surface area (Å²) in [5, 5.41) is 4.15. The predicted molar refractivity (Wildman–Crippen MR) is 53.9 cm³/mol. The van der Waals surface area contributed by atoms with Crippen LogP contribution in [0.5, 0.6) is 0 Å². The molecule has 0 atom stereocenters. The molecule has 1 aromatic rings. The molecule has 60 valence electrons. The fourth-order valence-corrected chi connectivity index (χ4v) is 1.38. The molecule has 1 N–H and O–H groups in total. The standard InChI is InChI=1S/C7H6BrCl2N/c8-4-11-6-3-1-2-5(9)7(6)10/h1-3,11H,4H2. The number of nitrogens with one attached hydrogen (secondary N) is 1. The van der Waals surface area contributed by atoms with Gasteiger partial charge in [-0.1, -0.05) is 45.2 Å². The van der Waals surface area contributed by atoms with E-state index < -0.39 is 0 Å². The summed E-state index contributed by atoms with van der Waals surface area (Å²) in [5.74, 6) is 0. The molecule has 1 rings (SSSR count). The molecule has 0 heterocycles. The minimum Gasteiger partial charge on any atom is -0.374 e. The Balaban J connectivity index is 2.96. The van der Waals surface area contributed by atoms with E-state index in [1.165, 1.54) is 0 Å². The second-order valence-electron chi connectivity index (χ2n) is 1.91. The van der Waals surface area contributed by atoms with Gasteiger partial charge < -0.3 is 5.32 Å². The largest absolute Gasteiger partial charge is 0.374 e. The van der Waals surface area contributed by atoms with Crippen molar-refractivity contribution >= 4 is 44.8 Å². The summed E-state index contributed by atoms with van der Waals surface area (Å²) >= 11 is 14.9. The van der Waals surface area contributed by atoms with Crippen molar-refractivity contribution in [2.24, 2.45) is 0 Å². The number of halogens is 3. The van der Waals surface area contributed by atoms with Crippen molar-refractivity contribution in [3.05, 3.63) is 28.2 Å². The Kier molecular flexibility index (Phi) is 3.49. The zero-order chi connectivity index (χ0) is 8.27. The van der Waals surface area contributed by atoms with E-state index >= 15 is 0 Å². The van der Waals surface area contributed by atoms with Crippen LogP contribution < -0.4 is 5.32 Å².